The molecule has 2 nitrogen and oxygen atoms in total. The Morgan fingerprint density at radius 1 is 1.25 bits per heavy atom. The number of benzene rings is 1. The Morgan fingerprint density at radius 2 is 1.88 bits per heavy atom. The van der Waals surface area contributed by atoms with Crippen molar-refractivity contribution >= 4 is 0 Å². The third-order valence-electron chi connectivity index (χ3n) is 3.01. The van der Waals surface area contributed by atoms with E-state index in [0.29, 0.717) is 5.75 Å². The van der Waals surface area contributed by atoms with Crippen LogP contribution in [0.5, 0.6) is 11.5 Å². The van der Waals surface area contributed by atoms with E-state index in [4.69, 9.17) is 4.74 Å². The van der Waals surface area contributed by atoms with Gasteiger partial charge in [-0.05, 0) is 30.9 Å². The summed E-state index contributed by atoms with van der Waals surface area (Å²) in [6.45, 7) is 10.5. The first-order valence-corrected chi connectivity index (χ1v) is 5.74. The average molecular weight is 220 g/mol. The third-order valence-corrected chi connectivity index (χ3v) is 3.01. The van der Waals surface area contributed by atoms with Gasteiger partial charge in [0.05, 0.1) is 0 Å². The molecule has 1 N–H and O–H groups in total. The van der Waals surface area contributed by atoms with Crippen LogP contribution in [0.2, 0.25) is 0 Å². The summed E-state index contributed by atoms with van der Waals surface area (Å²) in [5, 5.41) is 9.98. The fourth-order valence-corrected chi connectivity index (χ4v) is 2.13. The van der Waals surface area contributed by atoms with E-state index in [1.165, 1.54) is 0 Å². The van der Waals surface area contributed by atoms with E-state index >= 15 is 0 Å². The number of hydrogen-bond acceptors (Lipinski definition) is 2. The van der Waals surface area contributed by atoms with E-state index in [9.17, 15) is 5.11 Å². The first-order chi connectivity index (χ1) is 7.19. The molecule has 0 saturated heterocycles. The number of hydrogen-bond donors (Lipinski definition) is 1. The maximum atomic E-state index is 9.98. The van der Waals surface area contributed by atoms with Gasteiger partial charge >= 0.3 is 0 Å². The van der Waals surface area contributed by atoms with E-state index in [-0.39, 0.29) is 16.8 Å². The summed E-state index contributed by atoms with van der Waals surface area (Å²) in [5.41, 5.74) is 2.13. The highest BCUT2D eigenvalue weighted by atomic mass is 16.5. The molecule has 2 heteroatoms. The smallest absolute Gasteiger partial charge is 0.165 e. The van der Waals surface area contributed by atoms with E-state index in [0.717, 1.165) is 17.5 Å². The maximum absolute atomic E-state index is 9.98. The summed E-state index contributed by atoms with van der Waals surface area (Å²) in [7, 11) is 0. The average Bonchev–Trinajstić information content (AvgIpc) is 2.38. The van der Waals surface area contributed by atoms with Gasteiger partial charge < -0.3 is 9.84 Å². The number of fused-ring (bicyclic) bond motifs is 1. The van der Waals surface area contributed by atoms with Gasteiger partial charge in [0.1, 0.15) is 5.60 Å². The lowest BCUT2D eigenvalue weighted by molar-refractivity contribution is 0.134. The van der Waals surface area contributed by atoms with Crippen LogP contribution in [0.15, 0.2) is 12.1 Å². The summed E-state index contributed by atoms with van der Waals surface area (Å²) < 4.78 is 5.74. The molecule has 0 radical (unpaired) electrons. The molecule has 1 aliphatic heterocycles. The van der Waals surface area contributed by atoms with Crippen molar-refractivity contribution in [1.82, 2.24) is 0 Å². The summed E-state index contributed by atoms with van der Waals surface area (Å²) in [5.74, 6) is 0.936. The molecule has 0 saturated carbocycles. The molecule has 0 amide bonds. The zero-order valence-electron chi connectivity index (χ0n) is 10.7. The standard InChI is InChI=1S/C14H20O2/c1-13(2,3)10-6-9-8-14(4,5)16-12(9)11(15)7-10/h6-7,15H,8H2,1-5H3. The van der Waals surface area contributed by atoms with Crippen LogP contribution in [0.25, 0.3) is 0 Å². The minimum Gasteiger partial charge on any atom is -0.504 e. The summed E-state index contributed by atoms with van der Waals surface area (Å²) in [6, 6.07) is 3.98. The van der Waals surface area contributed by atoms with Crippen molar-refractivity contribution in [3.05, 3.63) is 23.3 Å². The lowest BCUT2D eigenvalue weighted by Crippen LogP contribution is -2.24. The number of phenolic OH excluding ortho intramolecular Hbond substituents is 1. The number of phenols is 1. The second kappa shape index (κ2) is 3.16. The molecular formula is C14H20O2. The van der Waals surface area contributed by atoms with E-state index in [1.54, 1.807) is 0 Å². The van der Waals surface area contributed by atoms with Crippen LogP contribution in [-0.2, 0) is 11.8 Å². The summed E-state index contributed by atoms with van der Waals surface area (Å²) in [4.78, 5) is 0. The van der Waals surface area contributed by atoms with E-state index in [2.05, 4.69) is 26.8 Å². The van der Waals surface area contributed by atoms with Crippen molar-refractivity contribution in [3.8, 4) is 11.5 Å². The molecule has 1 aromatic rings. The molecule has 1 aromatic carbocycles. The van der Waals surface area contributed by atoms with Gasteiger partial charge in [0, 0.05) is 12.0 Å². The van der Waals surface area contributed by atoms with Gasteiger partial charge in [-0.2, -0.15) is 0 Å². The molecule has 16 heavy (non-hydrogen) atoms. The fourth-order valence-electron chi connectivity index (χ4n) is 2.13. The molecule has 0 bridgehead atoms. The van der Waals surface area contributed by atoms with Crippen LogP contribution in [0.4, 0.5) is 0 Å². The Kier molecular flexibility index (Phi) is 2.23. The van der Waals surface area contributed by atoms with Gasteiger partial charge in [-0.1, -0.05) is 26.8 Å². The SMILES string of the molecule is CC1(C)Cc2cc(C(C)(C)C)cc(O)c2O1. The first-order valence-electron chi connectivity index (χ1n) is 5.74. The van der Waals surface area contributed by atoms with Crippen molar-refractivity contribution in [1.29, 1.82) is 0 Å². The lowest BCUT2D eigenvalue weighted by atomic mass is 9.85. The van der Waals surface area contributed by atoms with Crippen LogP contribution < -0.4 is 4.74 Å². The quantitative estimate of drug-likeness (QED) is 0.726. The van der Waals surface area contributed by atoms with Crippen LogP contribution >= 0.6 is 0 Å². The van der Waals surface area contributed by atoms with Gasteiger partial charge in [0.15, 0.2) is 11.5 Å². The predicted molar refractivity (Wildman–Crippen MR) is 65.2 cm³/mol. The van der Waals surface area contributed by atoms with Crippen molar-refractivity contribution in [2.75, 3.05) is 0 Å². The lowest BCUT2D eigenvalue weighted by Gasteiger charge is -2.20. The monoisotopic (exact) mass is 220 g/mol. The summed E-state index contributed by atoms with van der Waals surface area (Å²) >= 11 is 0. The van der Waals surface area contributed by atoms with E-state index < -0.39 is 0 Å². The third kappa shape index (κ3) is 1.89. The zero-order valence-corrected chi connectivity index (χ0v) is 10.7. The second-order valence-corrected chi connectivity index (χ2v) is 6.27. The normalized spacial score (nSPS) is 18.1. The molecule has 0 fully saturated rings. The molecule has 88 valence electrons. The van der Waals surface area contributed by atoms with Crippen molar-refractivity contribution in [2.24, 2.45) is 0 Å². The largest absolute Gasteiger partial charge is 0.504 e. The van der Waals surface area contributed by atoms with E-state index in [1.807, 2.05) is 19.9 Å². The van der Waals surface area contributed by atoms with Gasteiger partial charge in [0.2, 0.25) is 0 Å². The van der Waals surface area contributed by atoms with Crippen molar-refractivity contribution in [3.63, 3.8) is 0 Å². The molecule has 0 aromatic heterocycles. The second-order valence-electron chi connectivity index (χ2n) is 6.27. The zero-order chi connectivity index (χ0) is 12.1. The minimum atomic E-state index is -0.198. The van der Waals surface area contributed by atoms with Crippen molar-refractivity contribution in [2.45, 2.75) is 52.1 Å². The molecule has 0 aliphatic carbocycles. The Labute approximate surface area is 97.3 Å². The van der Waals surface area contributed by atoms with Crippen LogP contribution in [0, 0.1) is 0 Å². The van der Waals surface area contributed by atoms with Crippen LogP contribution in [-0.4, -0.2) is 10.7 Å². The van der Waals surface area contributed by atoms with Crippen molar-refractivity contribution < 1.29 is 9.84 Å². The summed E-state index contributed by atoms with van der Waals surface area (Å²) in [6.07, 6.45) is 0.861. The molecule has 2 rings (SSSR count). The Morgan fingerprint density at radius 3 is 2.44 bits per heavy atom. The maximum Gasteiger partial charge on any atom is 0.165 e. The number of rotatable bonds is 0. The highest BCUT2D eigenvalue weighted by Crippen LogP contribution is 2.43. The number of aromatic hydroxyl groups is 1. The van der Waals surface area contributed by atoms with Gasteiger partial charge in [-0.3, -0.25) is 0 Å². The Balaban J connectivity index is 2.50. The van der Waals surface area contributed by atoms with Crippen LogP contribution in [0.1, 0.15) is 45.7 Å². The van der Waals surface area contributed by atoms with Gasteiger partial charge in [-0.25, -0.2) is 0 Å². The topological polar surface area (TPSA) is 29.5 Å². The first kappa shape index (κ1) is 11.3. The Bertz CT molecular complexity index is 425. The molecule has 0 atom stereocenters. The molecule has 1 aliphatic rings. The fraction of sp³-hybridized carbons (Fsp3) is 0.571. The molecule has 0 spiro atoms. The highest BCUT2D eigenvalue weighted by Gasteiger charge is 2.33. The van der Waals surface area contributed by atoms with Gasteiger partial charge in [0.25, 0.3) is 0 Å². The molecular weight excluding hydrogens is 200 g/mol. The Hall–Kier alpha value is -1.18. The van der Waals surface area contributed by atoms with Gasteiger partial charge in [-0.15, -0.1) is 0 Å². The number of ether oxygens (including phenoxy) is 1. The molecule has 1 heterocycles. The minimum absolute atomic E-state index is 0.0548. The van der Waals surface area contributed by atoms with Crippen LogP contribution in [0.3, 0.4) is 0 Å². The predicted octanol–water partition coefficient (Wildman–Crippen LogP) is 3.40. The molecule has 0 unspecified atom stereocenters. The highest BCUT2D eigenvalue weighted by molar-refractivity contribution is 5.53.